The summed E-state index contributed by atoms with van der Waals surface area (Å²) >= 11 is 0. The van der Waals surface area contributed by atoms with Crippen LogP contribution in [0.1, 0.15) is 78.2 Å². The number of carboxylic acid groups (broad SMARTS) is 1. The van der Waals surface area contributed by atoms with Crippen molar-refractivity contribution in [3.63, 3.8) is 0 Å². The van der Waals surface area contributed by atoms with E-state index < -0.39 is 59.8 Å². The molecule has 13 N–H and O–H groups in total. The minimum atomic E-state index is -1.22. The molecule has 6 atom stereocenters. The number of carboxylic acids is 1. The molecule has 0 radical (unpaired) electrons. The van der Waals surface area contributed by atoms with Gasteiger partial charge in [0.2, 0.25) is 23.6 Å². The quantitative estimate of drug-likeness (QED) is 0.0421. The predicted molar refractivity (Wildman–Crippen MR) is 185 cm³/mol. The molecule has 0 saturated heterocycles. The normalized spacial score (nSPS) is 14.8. The number of nitrogens with zero attached hydrogens (tertiary/aromatic N) is 1. The third kappa shape index (κ3) is 16.0. The van der Waals surface area contributed by atoms with Gasteiger partial charge in [-0.3, -0.25) is 24.2 Å². The first kappa shape index (κ1) is 41.8. The Balaban J connectivity index is 3.11. The molecule has 6 unspecified atom stereocenters. The molecule has 0 saturated carbocycles. The Morgan fingerprint density at radius 2 is 1.40 bits per heavy atom. The van der Waals surface area contributed by atoms with E-state index in [1.54, 1.807) is 31.2 Å². The fourth-order valence-corrected chi connectivity index (χ4v) is 4.93. The number of guanidine groups is 1. The van der Waals surface area contributed by atoms with Crippen molar-refractivity contribution in [2.24, 2.45) is 39.8 Å². The number of carbonyl (C=O) groups excluding carboxylic acids is 4. The van der Waals surface area contributed by atoms with E-state index in [1.165, 1.54) is 0 Å². The molecule has 0 aliphatic rings. The van der Waals surface area contributed by atoms with Crippen molar-refractivity contribution in [3.05, 3.63) is 35.9 Å². The standard InChI is InChI=1S/C33H57N9O6/c1-5-21(4)27(42-29(44)24(15-9-10-16-34)39-28(43)23(35)14-11-17-38-33(36)37)31(46)40-25(18-20(2)3)30(45)41-26(32(47)48)19-22-12-7-6-8-13-22/h6-8,12-13,20-21,23-27H,5,9-11,14-19,34-35H2,1-4H3,(H,39,43)(H,40,46)(H,41,45)(H,42,44)(H,47,48)(H4,36,37,38). The molecule has 0 aliphatic carbocycles. The van der Waals surface area contributed by atoms with Gasteiger partial charge in [-0.25, -0.2) is 4.79 Å². The Hall–Kier alpha value is -4.24. The van der Waals surface area contributed by atoms with Crippen molar-refractivity contribution in [2.45, 2.75) is 109 Å². The summed E-state index contributed by atoms with van der Waals surface area (Å²) in [5, 5.41) is 20.6. The van der Waals surface area contributed by atoms with Gasteiger partial charge in [-0.15, -0.1) is 0 Å². The van der Waals surface area contributed by atoms with Crippen LogP contribution in [0.3, 0.4) is 0 Å². The first-order chi connectivity index (χ1) is 22.7. The summed E-state index contributed by atoms with van der Waals surface area (Å²) in [5.41, 5.74) is 23.1. The number of nitrogens with one attached hydrogen (secondary N) is 4. The van der Waals surface area contributed by atoms with Crippen LogP contribution in [0.4, 0.5) is 0 Å². The summed E-state index contributed by atoms with van der Waals surface area (Å²) in [5.74, 6) is -3.99. The van der Waals surface area contributed by atoms with Crippen molar-refractivity contribution in [3.8, 4) is 0 Å². The van der Waals surface area contributed by atoms with Crippen LogP contribution in [0, 0.1) is 11.8 Å². The van der Waals surface area contributed by atoms with Crippen LogP contribution in [-0.4, -0.2) is 84.0 Å². The van der Waals surface area contributed by atoms with Crippen LogP contribution in [0.5, 0.6) is 0 Å². The molecule has 0 aromatic heterocycles. The SMILES string of the molecule is CCC(C)C(NC(=O)C(CCCCN)NC(=O)C(N)CCCN=C(N)N)C(=O)NC(CC(C)C)C(=O)NC(Cc1ccccc1)C(=O)O. The van der Waals surface area contributed by atoms with Gasteiger partial charge in [0.05, 0.1) is 6.04 Å². The third-order valence-electron chi connectivity index (χ3n) is 7.91. The fourth-order valence-electron chi connectivity index (χ4n) is 4.93. The molecule has 4 amide bonds. The van der Waals surface area contributed by atoms with Crippen LogP contribution in [-0.2, 0) is 30.4 Å². The minimum Gasteiger partial charge on any atom is -0.480 e. The maximum atomic E-state index is 13.7. The van der Waals surface area contributed by atoms with Gasteiger partial charge in [-0.2, -0.15) is 0 Å². The van der Waals surface area contributed by atoms with E-state index in [0.717, 1.165) is 5.56 Å². The maximum Gasteiger partial charge on any atom is 0.326 e. The summed E-state index contributed by atoms with van der Waals surface area (Å²) in [4.78, 5) is 69.5. The van der Waals surface area contributed by atoms with E-state index in [9.17, 15) is 29.1 Å². The largest absolute Gasteiger partial charge is 0.480 e. The molecule has 15 heteroatoms. The van der Waals surface area contributed by atoms with Gasteiger partial charge in [0.15, 0.2) is 5.96 Å². The van der Waals surface area contributed by atoms with E-state index in [-0.39, 0.29) is 43.5 Å². The Morgan fingerprint density at radius 3 is 1.96 bits per heavy atom. The second-order valence-corrected chi connectivity index (χ2v) is 12.6. The number of aliphatic imine (C=N–C) groups is 1. The lowest BCUT2D eigenvalue weighted by atomic mass is 9.96. The number of amides is 4. The second kappa shape index (κ2) is 22.4. The van der Waals surface area contributed by atoms with Crippen LogP contribution in [0.2, 0.25) is 0 Å². The zero-order valence-electron chi connectivity index (χ0n) is 28.7. The van der Waals surface area contributed by atoms with Crippen molar-refractivity contribution < 1.29 is 29.1 Å². The zero-order chi connectivity index (χ0) is 36.2. The molecule has 1 aromatic rings. The van der Waals surface area contributed by atoms with Crippen LogP contribution in [0.15, 0.2) is 35.3 Å². The number of hydrogen-bond donors (Lipinski definition) is 9. The molecule has 15 nitrogen and oxygen atoms in total. The van der Waals surface area contributed by atoms with Crippen molar-refractivity contribution in [1.82, 2.24) is 21.3 Å². The molecule has 0 aliphatic heterocycles. The Kier molecular flexibility index (Phi) is 19.5. The van der Waals surface area contributed by atoms with Crippen LogP contribution in [0.25, 0.3) is 0 Å². The van der Waals surface area contributed by atoms with Crippen molar-refractivity contribution >= 4 is 35.6 Å². The molecule has 1 aromatic carbocycles. The zero-order valence-corrected chi connectivity index (χ0v) is 28.7. The molecule has 0 bridgehead atoms. The van der Waals surface area contributed by atoms with Gasteiger partial charge < -0.3 is 49.3 Å². The molecule has 1 rings (SSSR count). The highest BCUT2D eigenvalue weighted by atomic mass is 16.4. The first-order valence-electron chi connectivity index (χ1n) is 16.7. The number of rotatable bonds is 23. The van der Waals surface area contributed by atoms with Crippen molar-refractivity contribution in [1.29, 1.82) is 0 Å². The lowest BCUT2D eigenvalue weighted by Gasteiger charge is -2.29. The average Bonchev–Trinajstić information content (AvgIpc) is 3.03. The highest BCUT2D eigenvalue weighted by Gasteiger charge is 2.34. The summed E-state index contributed by atoms with van der Waals surface area (Å²) in [6.45, 7) is 8.10. The predicted octanol–water partition coefficient (Wildman–Crippen LogP) is -0.145. The van der Waals surface area contributed by atoms with E-state index in [1.807, 2.05) is 26.8 Å². The van der Waals surface area contributed by atoms with Crippen LogP contribution >= 0.6 is 0 Å². The number of unbranched alkanes of at least 4 members (excludes halogenated alkanes) is 1. The lowest BCUT2D eigenvalue weighted by molar-refractivity contribution is -0.142. The molecule has 0 heterocycles. The van der Waals surface area contributed by atoms with Gasteiger partial charge in [-0.05, 0) is 62.5 Å². The number of carbonyl (C=O) groups is 5. The fraction of sp³-hybridized carbons (Fsp3) is 0.636. The minimum absolute atomic E-state index is 0.0269. The maximum absolute atomic E-state index is 13.7. The summed E-state index contributed by atoms with van der Waals surface area (Å²) in [7, 11) is 0. The molecule has 0 fully saturated rings. The monoisotopic (exact) mass is 675 g/mol. The third-order valence-corrected chi connectivity index (χ3v) is 7.91. The molecule has 270 valence electrons. The van der Waals surface area contributed by atoms with Crippen molar-refractivity contribution in [2.75, 3.05) is 13.1 Å². The molecular weight excluding hydrogens is 618 g/mol. The second-order valence-electron chi connectivity index (χ2n) is 12.6. The van der Waals surface area contributed by atoms with E-state index in [2.05, 4.69) is 26.3 Å². The Bertz CT molecular complexity index is 1190. The van der Waals surface area contributed by atoms with E-state index >= 15 is 0 Å². The van der Waals surface area contributed by atoms with Gasteiger partial charge in [0, 0.05) is 13.0 Å². The first-order valence-corrected chi connectivity index (χ1v) is 16.7. The molecule has 48 heavy (non-hydrogen) atoms. The molecular formula is C33H57N9O6. The average molecular weight is 676 g/mol. The number of hydrogen-bond acceptors (Lipinski definition) is 8. The lowest BCUT2D eigenvalue weighted by Crippen LogP contribution is -2.60. The summed E-state index contributed by atoms with van der Waals surface area (Å²) in [6.07, 6.45) is 2.97. The number of aliphatic carboxylic acids is 1. The Morgan fingerprint density at radius 1 is 0.792 bits per heavy atom. The number of nitrogens with two attached hydrogens (primary N) is 4. The van der Waals surface area contributed by atoms with E-state index in [0.29, 0.717) is 38.8 Å². The summed E-state index contributed by atoms with van der Waals surface area (Å²) in [6, 6.07) is 3.67. The smallest absolute Gasteiger partial charge is 0.326 e. The summed E-state index contributed by atoms with van der Waals surface area (Å²) < 4.78 is 0. The molecule has 0 spiro atoms. The van der Waals surface area contributed by atoms with Gasteiger partial charge in [0.25, 0.3) is 0 Å². The number of benzene rings is 1. The highest BCUT2D eigenvalue weighted by molar-refractivity contribution is 5.95. The van der Waals surface area contributed by atoms with Gasteiger partial charge in [-0.1, -0.05) is 64.4 Å². The van der Waals surface area contributed by atoms with Gasteiger partial charge >= 0.3 is 5.97 Å². The Labute approximate surface area is 283 Å². The van der Waals surface area contributed by atoms with Crippen LogP contribution < -0.4 is 44.2 Å². The highest BCUT2D eigenvalue weighted by Crippen LogP contribution is 2.13. The van der Waals surface area contributed by atoms with E-state index in [4.69, 9.17) is 22.9 Å². The topological polar surface area (TPSA) is 270 Å². The van der Waals surface area contributed by atoms with Gasteiger partial charge in [0.1, 0.15) is 24.2 Å².